The molecule has 0 spiro atoms. The van der Waals surface area contributed by atoms with Crippen molar-refractivity contribution in [1.82, 2.24) is 5.32 Å². The highest BCUT2D eigenvalue weighted by molar-refractivity contribution is 6.50. The molecule has 0 aliphatic carbocycles. The van der Waals surface area contributed by atoms with E-state index in [0.717, 1.165) is 0 Å². The summed E-state index contributed by atoms with van der Waals surface area (Å²) >= 11 is 17.5. The van der Waals surface area contributed by atoms with Crippen LogP contribution in [0.15, 0.2) is 6.07 Å². The highest BCUT2D eigenvalue weighted by Crippen LogP contribution is 2.36. The van der Waals surface area contributed by atoms with Gasteiger partial charge in [-0.1, -0.05) is 34.8 Å². The van der Waals surface area contributed by atoms with Crippen LogP contribution in [-0.2, 0) is 0 Å². The van der Waals surface area contributed by atoms with Crippen molar-refractivity contribution in [3.63, 3.8) is 0 Å². The van der Waals surface area contributed by atoms with E-state index >= 15 is 0 Å². The Morgan fingerprint density at radius 3 is 2.29 bits per heavy atom. The van der Waals surface area contributed by atoms with E-state index in [2.05, 4.69) is 5.32 Å². The number of halogens is 3. The molecule has 6 heteroatoms. The second kappa shape index (κ2) is 3.12. The van der Waals surface area contributed by atoms with Crippen LogP contribution < -0.4 is 5.32 Å². The Hall–Kier alpha value is -0.770. The Kier molecular flexibility index (Phi) is 2.18. The Balaban J connectivity index is 2.82. The molecule has 0 bridgehead atoms. The molecule has 1 aliphatic heterocycles. The van der Waals surface area contributed by atoms with E-state index in [9.17, 15) is 0 Å². The molecule has 0 saturated carbocycles. The minimum absolute atomic E-state index is 0.0774. The summed E-state index contributed by atoms with van der Waals surface area (Å²) in [5.41, 5.74) is 0.945. The molecule has 14 heavy (non-hydrogen) atoms. The van der Waals surface area contributed by atoms with E-state index in [4.69, 9.17) is 45.6 Å². The first-order valence-electron chi connectivity index (χ1n) is 3.64. The SMILES string of the molecule is N=C1NC(=N)c2c1cc(Cl)c(Cl)c2Cl. The lowest BCUT2D eigenvalue weighted by atomic mass is 10.1. The van der Waals surface area contributed by atoms with Gasteiger partial charge in [-0.05, 0) is 6.07 Å². The van der Waals surface area contributed by atoms with Gasteiger partial charge >= 0.3 is 0 Å². The van der Waals surface area contributed by atoms with Crippen molar-refractivity contribution in [3.05, 3.63) is 32.3 Å². The van der Waals surface area contributed by atoms with E-state index in [1.807, 2.05) is 0 Å². The van der Waals surface area contributed by atoms with Gasteiger partial charge < -0.3 is 5.32 Å². The number of nitrogens with one attached hydrogen (secondary N) is 3. The zero-order chi connectivity index (χ0) is 10.5. The van der Waals surface area contributed by atoms with E-state index in [0.29, 0.717) is 11.1 Å². The molecule has 0 unspecified atom stereocenters. The predicted molar refractivity (Wildman–Crippen MR) is 58.3 cm³/mol. The fourth-order valence-corrected chi connectivity index (χ4v) is 1.99. The lowest BCUT2D eigenvalue weighted by Gasteiger charge is -2.04. The van der Waals surface area contributed by atoms with Gasteiger partial charge in [0, 0.05) is 11.1 Å². The second-order valence-electron chi connectivity index (χ2n) is 2.78. The van der Waals surface area contributed by atoms with Gasteiger partial charge in [-0.2, -0.15) is 0 Å². The average Bonchev–Trinajstić information content (AvgIpc) is 2.38. The lowest BCUT2D eigenvalue weighted by Crippen LogP contribution is -2.20. The molecule has 0 fully saturated rings. The fraction of sp³-hybridized carbons (Fsp3) is 0. The minimum Gasteiger partial charge on any atom is -0.325 e. The Morgan fingerprint density at radius 1 is 1.00 bits per heavy atom. The molecule has 1 aliphatic rings. The third kappa shape index (κ3) is 1.21. The van der Waals surface area contributed by atoms with Gasteiger partial charge in [0.1, 0.15) is 11.7 Å². The highest BCUT2D eigenvalue weighted by Gasteiger charge is 2.26. The van der Waals surface area contributed by atoms with Crippen molar-refractivity contribution in [2.24, 2.45) is 0 Å². The molecule has 2 rings (SSSR count). The monoisotopic (exact) mass is 247 g/mol. The van der Waals surface area contributed by atoms with Crippen molar-refractivity contribution in [2.75, 3.05) is 0 Å². The molecular weight excluding hydrogens is 244 g/mol. The smallest absolute Gasteiger partial charge is 0.133 e. The zero-order valence-electron chi connectivity index (χ0n) is 6.71. The summed E-state index contributed by atoms with van der Waals surface area (Å²) in [6.07, 6.45) is 0. The Labute approximate surface area is 95.0 Å². The van der Waals surface area contributed by atoms with Crippen LogP contribution in [0.4, 0.5) is 0 Å². The molecular formula is C8H4Cl3N3. The normalized spacial score (nSPS) is 14.2. The molecule has 0 atom stereocenters. The van der Waals surface area contributed by atoms with Crippen molar-refractivity contribution in [3.8, 4) is 0 Å². The van der Waals surface area contributed by atoms with E-state index < -0.39 is 0 Å². The lowest BCUT2D eigenvalue weighted by molar-refractivity contribution is 1.29. The largest absolute Gasteiger partial charge is 0.325 e. The predicted octanol–water partition coefficient (Wildman–Crippen LogP) is 2.90. The minimum atomic E-state index is 0.0774. The van der Waals surface area contributed by atoms with Crippen LogP contribution in [0.3, 0.4) is 0 Å². The third-order valence-corrected chi connectivity index (χ3v) is 3.19. The van der Waals surface area contributed by atoms with Gasteiger partial charge in [0.05, 0.1) is 15.1 Å². The molecule has 0 aromatic heterocycles. The zero-order valence-corrected chi connectivity index (χ0v) is 8.98. The summed E-state index contributed by atoms with van der Waals surface area (Å²) in [6, 6.07) is 1.53. The summed E-state index contributed by atoms with van der Waals surface area (Å²) in [7, 11) is 0. The molecule has 0 radical (unpaired) electrons. The maximum absolute atomic E-state index is 7.53. The van der Waals surface area contributed by atoms with Crippen LogP contribution in [0.25, 0.3) is 0 Å². The Bertz CT molecular complexity index is 467. The first kappa shape index (κ1) is 9.77. The summed E-state index contributed by atoms with van der Waals surface area (Å²) < 4.78 is 0. The standard InChI is InChI=1S/C8H4Cl3N3/c9-3-1-2-4(6(11)5(3)10)8(13)14-7(2)12/h1H,(H3,12,13,14). The van der Waals surface area contributed by atoms with Crippen molar-refractivity contribution in [2.45, 2.75) is 0 Å². The second-order valence-corrected chi connectivity index (χ2v) is 3.95. The molecule has 1 heterocycles. The molecule has 3 N–H and O–H groups in total. The van der Waals surface area contributed by atoms with Gasteiger partial charge in [-0.25, -0.2) is 0 Å². The van der Waals surface area contributed by atoms with Crippen LogP contribution in [0.2, 0.25) is 15.1 Å². The number of benzene rings is 1. The van der Waals surface area contributed by atoms with Crippen LogP contribution >= 0.6 is 34.8 Å². The summed E-state index contributed by atoms with van der Waals surface area (Å²) in [5, 5.41) is 18.3. The maximum atomic E-state index is 7.53. The van der Waals surface area contributed by atoms with Crippen LogP contribution in [0.1, 0.15) is 11.1 Å². The quantitative estimate of drug-likeness (QED) is 0.608. The molecule has 1 aromatic carbocycles. The van der Waals surface area contributed by atoms with Crippen LogP contribution in [-0.4, -0.2) is 11.7 Å². The number of fused-ring (bicyclic) bond motifs is 1. The Morgan fingerprint density at radius 2 is 1.64 bits per heavy atom. The van der Waals surface area contributed by atoms with E-state index in [-0.39, 0.29) is 26.7 Å². The van der Waals surface area contributed by atoms with Crippen LogP contribution in [0, 0.1) is 10.8 Å². The van der Waals surface area contributed by atoms with Gasteiger partial charge in [0.15, 0.2) is 0 Å². The van der Waals surface area contributed by atoms with E-state index in [1.54, 1.807) is 0 Å². The summed E-state index contributed by atoms with van der Waals surface area (Å²) in [4.78, 5) is 0. The number of hydrogen-bond donors (Lipinski definition) is 3. The molecule has 1 aromatic rings. The first-order chi connectivity index (χ1) is 6.52. The maximum Gasteiger partial charge on any atom is 0.133 e. The molecule has 0 saturated heterocycles. The average molecular weight is 248 g/mol. The van der Waals surface area contributed by atoms with Gasteiger partial charge in [0.25, 0.3) is 0 Å². The number of amidine groups is 2. The van der Waals surface area contributed by atoms with Crippen molar-refractivity contribution < 1.29 is 0 Å². The summed E-state index contributed by atoms with van der Waals surface area (Å²) in [5.74, 6) is 0.194. The van der Waals surface area contributed by atoms with Crippen molar-refractivity contribution >= 4 is 46.5 Å². The van der Waals surface area contributed by atoms with Gasteiger partial charge in [-0.3, -0.25) is 10.8 Å². The molecule has 0 amide bonds. The van der Waals surface area contributed by atoms with Crippen LogP contribution in [0.5, 0.6) is 0 Å². The number of hydrogen-bond acceptors (Lipinski definition) is 2. The third-order valence-electron chi connectivity index (χ3n) is 1.93. The highest BCUT2D eigenvalue weighted by atomic mass is 35.5. The first-order valence-corrected chi connectivity index (χ1v) is 4.78. The molecule has 3 nitrogen and oxygen atoms in total. The summed E-state index contributed by atoms with van der Waals surface area (Å²) in [6.45, 7) is 0. The van der Waals surface area contributed by atoms with E-state index in [1.165, 1.54) is 6.07 Å². The van der Waals surface area contributed by atoms with Gasteiger partial charge in [0.2, 0.25) is 0 Å². The molecule has 72 valence electrons. The van der Waals surface area contributed by atoms with Crippen molar-refractivity contribution in [1.29, 1.82) is 10.8 Å². The fourth-order valence-electron chi connectivity index (χ4n) is 1.29. The van der Waals surface area contributed by atoms with Gasteiger partial charge in [-0.15, -0.1) is 0 Å². The number of rotatable bonds is 0. The topological polar surface area (TPSA) is 59.7 Å².